The summed E-state index contributed by atoms with van der Waals surface area (Å²) in [6, 6.07) is 8.24. The highest BCUT2D eigenvalue weighted by molar-refractivity contribution is 7.80. The van der Waals surface area contributed by atoms with Crippen LogP contribution in [0.15, 0.2) is 24.3 Å². The maximum atomic E-state index is 4.16. The van der Waals surface area contributed by atoms with Gasteiger partial charge in [-0.3, -0.25) is 0 Å². The van der Waals surface area contributed by atoms with Gasteiger partial charge >= 0.3 is 0 Å². The summed E-state index contributed by atoms with van der Waals surface area (Å²) < 4.78 is 0. The Labute approximate surface area is 83.8 Å². The van der Waals surface area contributed by atoms with Crippen molar-refractivity contribution in [1.29, 1.82) is 0 Å². The fraction of sp³-hybridized carbons (Fsp3) is 0.200. The van der Waals surface area contributed by atoms with Gasteiger partial charge in [-0.25, -0.2) is 0 Å². The number of benzene rings is 1. The van der Waals surface area contributed by atoms with Crippen LogP contribution in [0.4, 0.5) is 0 Å². The summed E-state index contributed by atoms with van der Waals surface area (Å²) in [5.41, 5.74) is 0. The van der Waals surface area contributed by atoms with Gasteiger partial charge in [0.05, 0.1) is 0 Å². The molecule has 0 atom stereocenters. The first-order valence-electron chi connectivity index (χ1n) is 3.85. The molecule has 0 unspecified atom stereocenters. The molecule has 0 nitrogen and oxygen atoms in total. The third-order valence-corrected chi connectivity index (χ3v) is 1.98. The van der Waals surface area contributed by atoms with Crippen molar-refractivity contribution < 1.29 is 0 Å². The molecule has 0 bridgehead atoms. The SMILES string of the molecule is SCC=c1ccccc1=CCS. The molecule has 0 saturated heterocycles. The van der Waals surface area contributed by atoms with E-state index in [9.17, 15) is 0 Å². The number of thiol groups is 2. The summed E-state index contributed by atoms with van der Waals surface area (Å²) in [6.45, 7) is 0. The van der Waals surface area contributed by atoms with Crippen molar-refractivity contribution in [2.45, 2.75) is 0 Å². The zero-order valence-corrected chi connectivity index (χ0v) is 8.56. The Morgan fingerprint density at radius 2 is 1.33 bits per heavy atom. The van der Waals surface area contributed by atoms with Gasteiger partial charge in [0.15, 0.2) is 0 Å². The number of rotatable bonds is 2. The first-order valence-corrected chi connectivity index (χ1v) is 5.12. The van der Waals surface area contributed by atoms with Crippen molar-refractivity contribution in [3.63, 3.8) is 0 Å². The molecule has 0 spiro atoms. The van der Waals surface area contributed by atoms with Crippen molar-refractivity contribution in [2.75, 3.05) is 11.5 Å². The fourth-order valence-electron chi connectivity index (χ4n) is 1.08. The van der Waals surface area contributed by atoms with Crippen LogP contribution >= 0.6 is 25.3 Å². The van der Waals surface area contributed by atoms with E-state index in [4.69, 9.17) is 0 Å². The lowest BCUT2D eigenvalue weighted by molar-refractivity contribution is 1.50. The van der Waals surface area contributed by atoms with E-state index in [0.29, 0.717) is 0 Å². The van der Waals surface area contributed by atoms with Crippen molar-refractivity contribution in [2.24, 2.45) is 0 Å². The Kier molecular flexibility index (Phi) is 4.33. The minimum atomic E-state index is 0.775. The van der Waals surface area contributed by atoms with Gasteiger partial charge in [0.25, 0.3) is 0 Å². The standard InChI is InChI=1S/C10H12S2/c11-7-5-9-3-1-2-4-10(9)6-8-12/h1-6,11-12H,7-8H2. The van der Waals surface area contributed by atoms with Gasteiger partial charge in [-0.15, -0.1) is 0 Å². The average molecular weight is 196 g/mol. The van der Waals surface area contributed by atoms with E-state index in [1.54, 1.807) is 0 Å². The monoisotopic (exact) mass is 196 g/mol. The topological polar surface area (TPSA) is 0 Å². The third kappa shape index (κ3) is 2.61. The lowest BCUT2D eigenvalue weighted by atomic mass is 10.2. The van der Waals surface area contributed by atoms with E-state index in [2.05, 4.69) is 49.5 Å². The molecule has 0 fully saturated rings. The van der Waals surface area contributed by atoms with E-state index in [0.717, 1.165) is 11.5 Å². The molecule has 2 heteroatoms. The molecule has 0 aliphatic rings. The number of hydrogen-bond acceptors (Lipinski definition) is 2. The van der Waals surface area contributed by atoms with Crippen LogP contribution in [0.5, 0.6) is 0 Å². The van der Waals surface area contributed by atoms with Crippen LogP contribution in [-0.2, 0) is 0 Å². The highest BCUT2D eigenvalue weighted by Crippen LogP contribution is 1.77. The van der Waals surface area contributed by atoms with Gasteiger partial charge in [0.2, 0.25) is 0 Å². The first-order chi connectivity index (χ1) is 5.88. The molecule has 0 aliphatic heterocycles. The zero-order chi connectivity index (χ0) is 8.81. The van der Waals surface area contributed by atoms with Crippen LogP contribution in [0.2, 0.25) is 0 Å². The quantitative estimate of drug-likeness (QED) is 0.650. The summed E-state index contributed by atoms with van der Waals surface area (Å²) in [7, 11) is 0. The fourth-order valence-corrected chi connectivity index (χ4v) is 1.47. The lowest BCUT2D eigenvalue weighted by Gasteiger charge is -1.88. The summed E-state index contributed by atoms with van der Waals surface area (Å²) in [5, 5.41) is 2.48. The average Bonchev–Trinajstić information content (AvgIpc) is 2.09. The highest BCUT2D eigenvalue weighted by Gasteiger charge is 1.81. The van der Waals surface area contributed by atoms with Crippen LogP contribution < -0.4 is 10.4 Å². The maximum absolute atomic E-state index is 4.16. The lowest BCUT2D eigenvalue weighted by Crippen LogP contribution is -2.23. The molecule has 0 saturated carbocycles. The Bertz CT molecular complexity index is 306. The van der Waals surface area contributed by atoms with Crippen molar-refractivity contribution in [3.8, 4) is 0 Å². The van der Waals surface area contributed by atoms with Crippen LogP contribution in [0, 0.1) is 0 Å². The van der Waals surface area contributed by atoms with Gasteiger partial charge in [-0.1, -0.05) is 36.4 Å². The van der Waals surface area contributed by atoms with E-state index < -0.39 is 0 Å². The van der Waals surface area contributed by atoms with Crippen LogP contribution in [0.1, 0.15) is 0 Å². The molecule has 0 radical (unpaired) electrons. The largest absolute Gasteiger partial charge is 0.175 e. The van der Waals surface area contributed by atoms with Gasteiger partial charge in [-0.05, 0) is 10.4 Å². The van der Waals surface area contributed by atoms with Crippen LogP contribution in [0.25, 0.3) is 12.2 Å². The Hall–Kier alpha value is -0.340. The molecule has 0 amide bonds. The second kappa shape index (κ2) is 5.33. The Balaban J connectivity index is 3.28. The van der Waals surface area contributed by atoms with Gasteiger partial charge < -0.3 is 0 Å². The highest BCUT2D eigenvalue weighted by atomic mass is 32.1. The third-order valence-electron chi connectivity index (χ3n) is 1.62. The molecular formula is C10H12S2. The number of hydrogen-bond donors (Lipinski definition) is 2. The zero-order valence-electron chi connectivity index (χ0n) is 6.77. The Morgan fingerprint density at radius 1 is 0.917 bits per heavy atom. The molecule has 12 heavy (non-hydrogen) atoms. The molecule has 0 heterocycles. The minimum Gasteiger partial charge on any atom is -0.175 e. The van der Waals surface area contributed by atoms with Crippen molar-refractivity contribution in [1.82, 2.24) is 0 Å². The predicted octanol–water partition coefficient (Wildman–Crippen LogP) is 1.11. The summed E-state index contributed by atoms with van der Waals surface area (Å²) in [5.74, 6) is 1.55. The predicted molar refractivity (Wildman–Crippen MR) is 62.3 cm³/mol. The van der Waals surface area contributed by atoms with Crippen LogP contribution in [-0.4, -0.2) is 11.5 Å². The molecule has 1 aromatic rings. The van der Waals surface area contributed by atoms with E-state index >= 15 is 0 Å². The Morgan fingerprint density at radius 3 is 1.67 bits per heavy atom. The molecule has 0 aromatic heterocycles. The molecule has 64 valence electrons. The van der Waals surface area contributed by atoms with Crippen molar-refractivity contribution in [3.05, 3.63) is 34.7 Å². The second-order valence-electron chi connectivity index (χ2n) is 2.40. The van der Waals surface area contributed by atoms with Gasteiger partial charge in [0.1, 0.15) is 0 Å². The molecule has 0 N–H and O–H groups in total. The normalized spacial score (nSPS) is 13.8. The second-order valence-corrected chi connectivity index (χ2v) is 3.13. The summed E-state index contributed by atoms with van der Waals surface area (Å²) >= 11 is 8.32. The van der Waals surface area contributed by atoms with E-state index in [1.807, 2.05) is 12.1 Å². The first kappa shape index (κ1) is 9.75. The summed E-state index contributed by atoms with van der Waals surface area (Å²) in [4.78, 5) is 0. The smallest absolute Gasteiger partial charge is 0.00917 e. The molecule has 1 aromatic carbocycles. The molecule has 0 aliphatic carbocycles. The van der Waals surface area contributed by atoms with E-state index in [-0.39, 0.29) is 0 Å². The minimum absolute atomic E-state index is 0.775. The maximum Gasteiger partial charge on any atom is 0.00917 e. The van der Waals surface area contributed by atoms with E-state index in [1.165, 1.54) is 10.4 Å². The molecule has 1 rings (SSSR count). The van der Waals surface area contributed by atoms with Gasteiger partial charge in [-0.2, -0.15) is 25.3 Å². The van der Waals surface area contributed by atoms with Gasteiger partial charge in [0, 0.05) is 11.5 Å². The van der Waals surface area contributed by atoms with Crippen molar-refractivity contribution >= 4 is 37.4 Å². The summed E-state index contributed by atoms with van der Waals surface area (Å²) in [6.07, 6.45) is 4.19. The van der Waals surface area contributed by atoms with Crippen LogP contribution in [0.3, 0.4) is 0 Å². The molecular weight excluding hydrogens is 184 g/mol.